The highest BCUT2D eigenvalue weighted by Crippen LogP contribution is 2.27. The van der Waals surface area contributed by atoms with Gasteiger partial charge in [-0.05, 0) is 29.7 Å². The molecule has 0 aromatic heterocycles. The first-order chi connectivity index (χ1) is 10.8. The van der Waals surface area contributed by atoms with E-state index in [4.69, 9.17) is 0 Å². The van der Waals surface area contributed by atoms with Crippen LogP contribution in [0.15, 0.2) is 42.5 Å². The van der Waals surface area contributed by atoms with Crippen molar-refractivity contribution in [3.63, 3.8) is 0 Å². The number of aromatic hydroxyl groups is 1. The summed E-state index contributed by atoms with van der Waals surface area (Å²) in [4.78, 5) is 10.3. The number of phenolic OH excluding ortho intramolecular Hbond substituents is 1. The van der Waals surface area contributed by atoms with E-state index in [2.05, 4.69) is 38.2 Å². The lowest BCUT2D eigenvalue weighted by Gasteiger charge is -2.27. The van der Waals surface area contributed by atoms with Crippen molar-refractivity contribution in [2.24, 2.45) is 0 Å². The van der Waals surface area contributed by atoms with Crippen LogP contribution in [0.4, 0.5) is 5.69 Å². The first-order valence-corrected chi connectivity index (χ1v) is 7.54. The lowest BCUT2D eigenvalue weighted by molar-refractivity contribution is -0.385. The van der Waals surface area contributed by atoms with Gasteiger partial charge in [0, 0.05) is 24.6 Å². The smallest absolute Gasteiger partial charge is 0.311 e. The van der Waals surface area contributed by atoms with E-state index >= 15 is 0 Å². The summed E-state index contributed by atoms with van der Waals surface area (Å²) in [6.45, 7) is 7.69. The van der Waals surface area contributed by atoms with Crippen LogP contribution >= 0.6 is 0 Å². The van der Waals surface area contributed by atoms with E-state index in [-0.39, 0.29) is 16.9 Å². The Morgan fingerprint density at radius 3 is 2.57 bits per heavy atom. The fraction of sp³-hybridized carbons (Fsp3) is 0.333. The Morgan fingerprint density at radius 2 is 1.91 bits per heavy atom. The molecule has 0 heterocycles. The molecule has 0 fully saturated rings. The van der Waals surface area contributed by atoms with E-state index in [1.807, 2.05) is 12.1 Å². The van der Waals surface area contributed by atoms with Crippen molar-refractivity contribution in [2.45, 2.75) is 32.7 Å². The number of nitrogens with one attached hydrogen (secondary N) is 1. The average molecular weight is 314 g/mol. The Morgan fingerprint density at radius 1 is 1.22 bits per heavy atom. The molecule has 0 unspecified atom stereocenters. The monoisotopic (exact) mass is 314 g/mol. The van der Waals surface area contributed by atoms with Gasteiger partial charge in [0.1, 0.15) is 0 Å². The Balaban J connectivity index is 2.03. The van der Waals surface area contributed by atoms with Crippen LogP contribution in [0.25, 0.3) is 0 Å². The van der Waals surface area contributed by atoms with Gasteiger partial charge in [0.25, 0.3) is 0 Å². The first kappa shape index (κ1) is 17.0. The molecule has 0 bridgehead atoms. The van der Waals surface area contributed by atoms with Crippen LogP contribution in [0.1, 0.15) is 30.5 Å². The summed E-state index contributed by atoms with van der Waals surface area (Å²) in [6.07, 6.45) is 0. The summed E-state index contributed by atoms with van der Waals surface area (Å²) < 4.78 is 0. The predicted molar refractivity (Wildman–Crippen MR) is 90.7 cm³/mol. The number of phenols is 1. The van der Waals surface area contributed by atoms with E-state index in [0.29, 0.717) is 6.54 Å². The summed E-state index contributed by atoms with van der Waals surface area (Å²) >= 11 is 0. The highest BCUT2D eigenvalue weighted by atomic mass is 16.6. The Hall–Kier alpha value is -2.40. The normalized spacial score (nSPS) is 11.4. The lowest BCUT2D eigenvalue weighted by Crippen LogP contribution is -2.33. The molecule has 122 valence electrons. The van der Waals surface area contributed by atoms with Crippen molar-refractivity contribution < 1.29 is 10.0 Å². The van der Waals surface area contributed by atoms with Crippen molar-refractivity contribution in [3.8, 4) is 5.75 Å². The van der Waals surface area contributed by atoms with E-state index in [1.54, 1.807) is 6.07 Å². The van der Waals surface area contributed by atoms with Crippen LogP contribution < -0.4 is 5.32 Å². The summed E-state index contributed by atoms with van der Waals surface area (Å²) in [5.41, 5.74) is 3.00. The fourth-order valence-corrected chi connectivity index (χ4v) is 2.77. The van der Waals surface area contributed by atoms with E-state index < -0.39 is 4.92 Å². The Labute approximate surface area is 136 Å². The van der Waals surface area contributed by atoms with E-state index in [9.17, 15) is 15.2 Å². The first-order valence-electron chi connectivity index (χ1n) is 7.54. The maximum absolute atomic E-state index is 10.9. The van der Waals surface area contributed by atoms with Gasteiger partial charge < -0.3 is 10.4 Å². The molecule has 0 aliphatic rings. The van der Waals surface area contributed by atoms with Gasteiger partial charge in [-0.15, -0.1) is 0 Å². The standard InChI is InChI=1S/C18H22N2O3/c1-13-6-4-5-7-15(13)18(2,3)12-19-11-14-8-9-17(21)16(10-14)20(22)23/h4-10,19,21H,11-12H2,1-3H3. The van der Waals surface area contributed by atoms with Crippen LogP contribution in [-0.2, 0) is 12.0 Å². The van der Waals surface area contributed by atoms with Crippen molar-refractivity contribution >= 4 is 5.69 Å². The summed E-state index contributed by atoms with van der Waals surface area (Å²) in [7, 11) is 0. The minimum Gasteiger partial charge on any atom is -0.502 e. The van der Waals surface area contributed by atoms with Crippen LogP contribution in [0.5, 0.6) is 5.75 Å². The highest BCUT2D eigenvalue weighted by molar-refractivity contribution is 5.47. The van der Waals surface area contributed by atoms with Crippen LogP contribution in [0, 0.1) is 17.0 Å². The number of benzene rings is 2. The molecule has 0 amide bonds. The van der Waals surface area contributed by atoms with Crippen molar-refractivity contribution in [2.75, 3.05) is 6.54 Å². The molecule has 0 radical (unpaired) electrons. The summed E-state index contributed by atoms with van der Waals surface area (Å²) in [5.74, 6) is -0.306. The summed E-state index contributed by atoms with van der Waals surface area (Å²) in [6, 6.07) is 12.7. The van der Waals surface area contributed by atoms with Crippen LogP contribution in [0.3, 0.4) is 0 Å². The van der Waals surface area contributed by atoms with Crippen molar-refractivity contribution in [3.05, 3.63) is 69.3 Å². The molecule has 0 saturated carbocycles. The lowest BCUT2D eigenvalue weighted by atomic mass is 9.82. The molecular formula is C18H22N2O3. The molecule has 0 spiro atoms. The topological polar surface area (TPSA) is 75.4 Å². The molecule has 2 rings (SSSR count). The van der Waals surface area contributed by atoms with Gasteiger partial charge in [-0.25, -0.2) is 0 Å². The number of nitrogens with zero attached hydrogens (tertiary/aromatic N) is 1. The van der Waals surface area contributed by atoms with Gasteiger partial charge in [0.2, 0.25) is 0 Å². The zero-order chi connectivity index (χ0) is 17.0. The molecule has 5 heteroatoms. The van der Waals surface area contributed by atoms with Gasteiger partial charge in [0.05, 0.1) is 4.92 Å². The number of nitro benzene ring substituents is 1. The predicted octanol–water partition coefficient (Wildman–Crippen LogP) is 3.68. The SMILES string of the molecule is Cc1ccccc1C(C)(C)CNCc1ccc(O)c([N+](=O)[O-])c1. The van der Waals surface area contributed by atoms with E-state index in [1.165, 1.54) is 23.3 Å². The molecule has 2 N–H and O–H groups in total. The average Bonchev–Trinajstić information content (AvgIpc) is 2.48. The van der Waals surface area contributed by atoms with Gasteiger partial charge in [-0.1, -0.05) is 44.2 Å². The number of aryl methyl sites for hydroxylation is 1. The molecule has 2 aromatic rings. The number of nitro groups is 1. The molecule has 0 atom stereocenters. The third-order valence-corrected chi connectivity index (χ3v) is 4.01. The third kappa shape index (κ3) is 4.07. The number of hydrogen-bond acceptors (Lipinski definition) is 4. The second-order valence-corrected chi connectivity index (χ2v) is 6.38. The molecule has 23 heavy (non-hydrogen) atoms. The van der Waals surface area contributed by atoms with Gasteiger partial charge in [0.15, 0.2) is 5.75 Å². The Bertz CT molecular complexity index is 711. The molecule has 0 saturated heterocycles. The van der Waals surface area contributed by atoms with E-state index in [0.717, 1.165) is 12.1 Å². The minimum atomic E-state index is -0.573. The highest BCUT2D eigenvalue weighted by Gasteiger charge is 2.22. The summed E-state index contributed by atoms with van der Waals surface area (Å²) in [5, 5.41) is 23.7. The van der Waals surface area contributed by atoms with Crippen molar-refractivity contribution in [1.82, 2.24) is 5.32 Å². The zero-order valence-electron chi connectivity index (χ0n) is 13.7. The molecule has 5 nitrogen and oxygen atoms in total. The van der Waals surface area contributed by atoms with Gasteiger partial charge >= 0.3 is 5.69 Å². The maximum atomic E-state index is 10.9. The number of hydrogen-bond donors (Lipinski definition) is 2. The second kappa shape index (κ2) is 6.79. The molecular weight excluding hydrogens is 292 g/mol. The molecule has 2 aromatic carbocycles. The molecule has 0 aliphatic heterocycles. The quantitative estimate of drug-likeness (QED) is 0.630. The largest absolute Gasteiger partial charge is 0.502 e. The Kier molecular flexibility index (Phi) is 5.01. The maximum Gasteiger partial charge on any atom is 0.311 e. The van der Waals surface area contributed by atoms with Gasteiger partial charge in [-0.2, -0.15) is 0 Å². The number of rotatable bonds is 6. The zero-order valence-corrected chi connectivity index (χ0v) is 13.7. The van der Waals surface area contributed by atoms with Crippen LogP contribution in [0.2, 0.25) is 0 Å². The fourth-order valence-electron chi connectivity index (χ4n) is 2.77. The third-order valence-electron chi connectivity index (χ3n) is 4.01. The van der Waals surface area contributed by atoms with Crippen LogP contribution in [-0.4, -0.2) is 16.6 Å². The van der Waals surface area contributed by atoms with Crippen molar-refractivity contribution in [1.29, 1.82) is 0 Å². The second-order valence-electron chi connectivity index (χ2n) is 6.38. The minimum absolute atomic E-state index is 0.0474. The van der Waals surface area contributed by atoms with Gasteiger partial charge in [-0.3, -0.25) is 10.1 Å². The molecule has 0 aliphatic carbocycles.